The van der Waals surface area contributed by atoms with Crippen LogP contribution in [0.5, 0.6) is 0 Å². The first-order valence-electron chi connectivity index (χ1n) is 10.6. The van der Waals surface area contributed by atoms with Crippen molar-refractivity contribution < 1.29 is 9.53 Å². The van der Waals surface area contributed by atoms with Crippen molar-refractivity contribution in [3.8, 4) is 0 Å². The lowest BCUT2D eigenvalue weighted by atomic mass is 9.87. The average molecular weight is 538 g/mol. The molecule has 3 heterocycles. The Kier molecular flexibility index (Phi) is 8.30. The number of carbonyl (C=O) groups excluding carboxylic acids is 1. The Morgan fingerprint density at radius 1 is 1.32 bits per heavy atom. The number of hydrogen-bond acceptors (Lipinski definition) is 4. The number of anilines is 1. The molecule has 1 amide bonds. The van der Waals surface area contributed by atoms with Crippen LogP contribution in [0.2, 0.25) is 0 Å². The number of ether oxygens (including phenoxy) is 1. The monoisotopic (exact) mass is 538 g/mol. The van der Waals surface area contributed by atoms with Gasteiger partial charge in [0.25, 0.3) is 0 Å². The van der Waals surface area contributed by atoms with Gasteiger partial charge in [0, 0.05) is 49.7 Å². The second-order valence-electron chi connectivity index (χ2n) is 8.10. The molecule has 2 saturated heterocycles. The zero-order valence-electron chi connectivity index (χ0n) is 17.9. The van der Waals surface area contributed by atoms with Crippen LogP contribution in [0.25, 0.3) is 0 Å². The molecule has 0 saturated carbocycles. The minimum atomic E-state index is -0.103. The molecule has 31 heavy (non-hydrogen) atoms. The fourth-order valence-electron chi connectivity index (χ4n) is 4.17. The topological polar surface area (TPSA) is 83.8 Å². The summed E-state index contributed by atoms with van der Waals surface area (Å²) in [5.41, 5.74) is 2.13. The van der Waals surface area contributed by atoms with Crippen molar-refractivity contribution in [1.29, 1.82) is 0 Å². The number of likely N-dealkylation sites (tertiary alicyclic amines) is 1. The molecule has 1 aromatic carbocycles. The Bertz CT molecular complexity index is 880. The van der Waals surface area contributed by atoms with Gasteiger partial charge in [-0.25, -0.2) is 4.99 Å². The standard InChI is InChI=1S/C22H30N6O2.HI/c1-2-23-21(27-11-7-22(16-27)8-12-30-17-22)24-14-18-5-3-6-19(13-18)26-20(29)15-28-10-4-9-25-28;/h3-6,9-10,13H,2,7-8,11-12,14-17H2,1H3,(H,23,24)(H,26,29);1H. The number of benzene rings is 1. The van der Waals surface area contributed by atoms with Gasteiger partial charge in [0.15, 0.2) is 5.96 Å². The van der Waals surface area contributed by atoms with E-state index in [2.05, 4.69) is 27.6 Å². The average Bonchev–Trinajstić information content (AvgIpc) is 3.49. The van der Waals surface area contributed by atoms with Crippen molar-refractivity contribution in [2.45, 2.75) is 32.9 Å². The van der Waals surface area contributed by atoms with E-state index >= 15 is 0 Å². The molecule has 2 fully saturated rings. The van der Waals surface area contributed by atoms with Crippen LogP contribution in [0.1, 0.15) is 25.3 Å². The number of halogens is 1. The molecule has 0 radical (unpaired) electrons. The van der Waals surface area contributed by atoms with Gasteiger partial charge in [0.1, 0.15) is 6.54 Å². The van der Waals surface area contributed by atoms with Crippen LogP contribution in [-0.2, 0) is 22.6 Å². The first-order chi connectivity index (χ1) is 14.7. The molecule has 1 spiro atoms. The maximum atomic E-state index is 12.2. The second-order valence-corrected chi connectivity index (χ2v) is 8.10. The van der Waals surface area contributed by atoms with Crippen LogP contribution in [0.3, 0.4) is 0 Å². The largest absolute Gasteiger partial charge is 0.381 e. The molecule has 0 bridgehead atoms. The van der Waals surface area contributed by atoms with Gasteiger partial charge in [0.2, 0.25) is 5.91 Å². The van der Waals surface area contributed by atoms with Crippen molar-refractivity contribution in [3.63, 3.8) is 0 Å². The number of nitrogens with zero attached hydrogens (tertiary/aromatic N) is 4. The highest BCUT2D eigenvalue weighted by atomic mass is 127. The number of amides is 1. The predicted molar refractivity (Wildman–Crippen MR) is 132 cm³/mol. The van der Waals surface area contributed by atoms with Gasteiger partial charge >= 0.3 is 0 Å². The zero-order chi connectivity index (χ0) is 20.8. The molecule has 8 nitrogen and oxygen atoms in total. The van der Waals surface area contributed by atoms with Gasteiger partial charge < -0.3 is 20.3 Å². The van der Waals surface area contributed by atoms with E-state index in [1.54, 1.807) is 23.1 Å². The van der Waals surface area contributed by atoms with Crippen LogP contribution in [0, 0.1) is 5.41 Å². The highest BCUT2D eigenvalue weighted by molar-refractivity contribution is 14.0. The lowest BCUT2D eigenvalue weighted by Crippen LogP contribution is -2.41. The van der Waals surface area contributed by atoms with Gasteiger partial charge in [-0.1, -0.05) is 12.1 Å². The molecule has 2 aromatic rings. The lowest BCUT2D eigenvalue weighted by molar-refractivity contribution is -0.116. The van der Waals surface area contributed by atoms with Gasteiger partial charge in [-0.3, -0.25) is 9.48 Å². The number of guanidine groups is 1. The lowest BCUT2D eigenvalue weighted by Gasteiger charge is -2.25. The van der Waals surface area contributed by atoms with E-state index in [1.165, 1.54) is 0 Å². The fraction of sp³-hybridized carbons (Fsp3) is 0.500. The Hall–Kier alpha value is -2.14. The van der Waals surface area contributed by atoms with E-state index in [1.807, 2.05) is 24.3 Å². The van der Waals surface area contributed by atoms with Crippen molar-refractivity contribution in [2.24, 2.45) is 10.4 Å². The van der Waals surface area contributed by atoms with Crippen molar-refractivity contribution in [1.82, 2.24) is 20.0 Å². The van der Waals surface area contributed by atoms with Crippen LogP contribution in [0.4, 0.5) is 5.69 Å². The van der Waals surface area contributed by atoms with Crippen molar-refractivity contribution in [2.75, 3.05) is 38.2 Å². The summed E-state index contributed by atoms with van der Waals surface area (Å²) >= 11 is 0. The maximum Gasteiger partial charge on any atom is 0.246 e. The van der Waals surface area contributed by atoms with E-state index in [-0.39, 0.29) is 36.4 Å². The molecule has 9 heteroatoms. The summed E-state index contributed by atoms with van der Waals surface area (Å²) in [6.45, 7) is 7.44. The number of aliphatic imine (C=N–C) groups is 1. The summed E-state index contributed by atoms with van der Waals surface area (Å²) in [7, 11) is 0. The molecule has 1 atom stereocenters. The van der Waals surface area contributed by atoms with E-state index < -0.39 is 0 Å². The molecule has 2 N–H and O–H groups in total. The number of aromatic nitrogens is 2. The van der Waals surface area contributed by atoms with E-state index in [9.17, 15) is 4.79 Å². The summed E-state index contributed by atoms with van der Waals surface area (Å²) in [4.78, 5) is 19.4. The van der Waals surface area contributed by atoms with Gasteiger partial charge in [-0.05, 0) is 43.5 Å². The SMILES string of the molecule is CCNC(=NCc1cccc(NC(=O)Cn2cccn2)c1)N1CCC2(CCOC2)C1.I. The maximum absolute atomic E-state index is 12.2. The number of carbonyl (C=O) groups is 1. The third-order valence-electron chi connectivity index (χ3n) is 5.74. The minimum Gasteiger partial charge on any atom is -0.381 e. The molecule has 2 aliphatic rings. The second kappa shape index (κ2) is 10.9. The molecule has 2 aliphatic heterocycles. The van der Waals surface area contributed by atoms with Crippen molar-refractivity contribution >= 4 is 41.5 Å². The summed E-state index contributed by atoms with van der Waals surface area (Å²) in [5.74, 6) is 0.850. The van der Waals surface area contributed by atoms with Crippen molar-refractivity contribution in [3.05, 3.63) is 48.3 Å². The first kappa shape index (κ1) is 23.5. The summed E-state index contributed by atoms with van der Waals surface area (Å²) in [5, 5.41) is 10.4. The number of hydrogen-bond donors (Lipinski definition) is 2. The molecule has 1 aromatic heterocycles. The summed E-state index contributed by atoms with van der Waals surface area (Å²) in [6, 6.07) is 9.65. The first-order valence-corrected chi connectivity index (χ1v) is 10.6. The Morgan fingerprint density at radius 2 is 2.23 bits per heavy atom. The minimum absolute atomic E-state index is 0. The van der Waals surface area contributed by atoms with Gasteiger partial charge in [-0.15, -0.1) is 24.0 Å². The molecule has 1 unspecified atom stereocenters. The Morgan fingerprint density at radius 3 is 2.97 bits per heavy atom. The van der Waals surface area contributed by atoms with E-state index in [0.29, 0.717) is 12.0 Å². The van der Waals surface area contributed by atoms with Crippen LogP contribution in [0.15, 0.2) is 47.7 Å². The van der Waals surface area contributed by atoms with Crippen LogP contribution >= 0.6 is 24.0 Å². The van der Waals surface area contributed by atoms with E-state index in [4.69, 9.17) is 9.73 Å². The van der Waals surface area contributed by atoms with Gasteiger partial charge in [-0.2, -0.15) is 5.10 Å². The number of rotatable bonds is 6. The van der Waals surface area contributed by atoms with Crippen LogP contribution in [-0.4, -0.2) is 59.4 Å². The number of nitrogens with one attached hydrogen (secondary N) is 2. The highest BCUT2D eigenvalue weighted by Crippen LogP contribution is 2.38. The molecule has 0 aliphatic carbocycles. The third-order valence-corrected chi connectivity index (χ3v) is 5.74. The van der Waals surface area contributed by atoms with Gasteiger partial charge in [0.05, 0.1) is 13.2 Å². The normalized spacial score (nSPS) is 20.7. The summed E-state index contributed by atoms with van der Waals surface area (Å²) in [6.07, 6.45) is 5.74. The Labute approximate surface area is 200 Å². The fourth-order valence-corrected chi connectivity index (χ4v) is 4.17. The Balaban J connectivity index is 0.00000272. The molecule has 168 valence electrons. The molecular formula is C22H31IN6O2. The van der Waals surface area contributed by atoms with Crippen LogP contribution < -0.4 is 10.6 Å². The molecule has 4 rings (SSSR count). The molecular weight excluding hydrogens is 507 g/mol. The third kappa shape index (κ3) is 6.19. The quantitative estimate of drug-likeness (QED) is 0.336. The zero-order valence-corrected chi connectivity index (χ0v) is 20.2. The smallest absolute Gasteiger partial charge is 0.246 e. The summed E-state index contributed by atoms with van der Waals surface area (Å²) < 4.78 is 7.25. The van der Waals surface area contributed by atoms with E-state index in [0.717, 1.165) is 62.9 Å². The predicted octanol–water partition coefficient (Wildman–Crippen LogP) is 2.72. The highest BCUT2D eigenvalue weighted by Gasteiger charge is 2.42.